The van der Waals surface area contributed by atoms with Crippen LogP contribution >= 0.6 is 31.9 Å². The van der Waals surface area contributed by atoms with E-state index >= 15 is 0 Å². The Hall–Kier alpha value is -1.58. The van der Waals surface area contributed by atoms with Crippen molar-refractivity contribution in [3.8, 4) is 23.4 Å². The molecule has 108 valence electrons. The Bertz CT molecular complexity index is 739. The quantitative estimate of drug-likeness (QED) is 0.720. The topological polar surface area (TPSA) is 55.1 Å². The van der Waals surface area contributed by atoms with Gasteiger partial charge in [0.2, 0.25) is 5.88 Å². The molecule has 0 radical (unpaired) electrons. The van der Waals surface area contributed by atoms with Crippen molar-refractivity contribution in [3.63, 3.8) is 0 Å². The molecule has 0 aliphatic carbocycles. The van der Waals surface area contributed by atoms with E-state index in [-0.39, 0.29) is 0 Å². The fourth-order valence-electron chi connectivity index (χ4n) is 1.86. The SMILES string of the molecule is COc1cc(Br)c(Oc2nc(C)cc(C)c2C#N)cc1Br. The lowest BCUT2D eigenvalue weighted by molar-refractivity contribution is 0.408. The highest BCUT2D eigenvalue weighted by atomic mass is 79.9. The Labute approximate surface area is 140 Å². The molecule has 0 N–H and O–H groups in total. The van der Waals surface area contributed by atoms with Crippen molar-refractivity contribution in [2.45, 2.75) is 13.8 Å². The highest BCUT2D eigenvalue weighted by Crippen LogP contribution is 2.38. The summed E-state index contributed by atoms with van der Waals surface area (Å²) >= 11 is 6.83. The molecule has 1 heterocycles. The number of nitriles is 1. The number of nitrogens with zero attached hydrogens (tertiary/aromatic N) is 2. The Morgan fingerprint density at radius 2 is 1.71 bits per heavy atom. The second kappa shape index (κ2) is 6.46. The summed E-state index contributed by atoms with van der Waals surface area (Å²) in [5, 5.41) is 9.26. The van der Waals surface area contributed by atoms with Gasteiger partial charge in [0.15, 0.2) is 0 Å². The van der Waals surface area contributed by atoms with Gasteiger partial charge in [-0.15, -0.1) is 0 Å². The van der Waals surface area contributed by atoms with Crippen molar-refractivity contribution >= 4 is 31.9 Å². The molecule has 1 aromatic carbocycles. The largest absolute Gasteiger partial charge is 0.496 e. The molecule has 0 unspecified atom stereocenters. The number of rotatable bonds is 3. The maximum atomic E-state index is 9.26. The minimum absolute atomic E-state index is 0.299. The third-order valence-electron chi connectivity index (χ3n) is 2.84. The molecule has 0 amide bonds. The molecule has 21 heavy (non-hydrogen) atoms. The molecule has 4 nitrogen and oxygen atoms in total. The predicted octanol–water partition coefficient (Wildman–Crippen LogP) is 4.90. The van der Waals surface area contributed by atoms with Crippen LogP contribution in [-0.4, -0.2) is 12.1 Å². The van der Waals surface area contributed by atoms with Gasteiger partial charge in [0.1, 0.15) is 23.1 Å². The van der Waals surface area contributed by atoms with Crippen LogP contribution in [0.15, 0.2) is 27.1 Å². The Morgan fingerprint density at radius 3 is 2.33 bits per heavy atom. The molecule has 0 saturated carbocycles. The normalized spacial score (nSPS) is 10.1. The number of hydrogen-bond acceptors (Lipinski definition) is 4. The lowest BCUT2D eigenvalue weighted by atomic mass is 10.1. The molecule has 2 aromatic rings. The highest BCUT2D eigenvalue weighted by Gasteiger charge is 2.14. The van der Waals surface area contributed by atoms with E-state index < -0.39 is 0 Å². The van der Waals surface area contributed by atoms with Crippen LogP contribution in [0.2, 0.25) is 0 Å². The van der Waals surface area contributed by atoms with E-state index in [2.05, 4.69) is 42.9 Å². The molecule has 0 saturated heterocycles. The summed E-state index contributed by atoms with van der Waals surface area (Å²) in [5.41, 5.74) is 2.06. The van der Waals surface area contributed by atoms with Crippen molar-refractivity contribution in [2.75, 3.05) is 7.11 Å². The second-order valence-corrected chi connectivity index (χ2v) is 6.10. The summed E-state index contributed by atoms with van der Waals surface area (Å²) < 4.78 is 12.5. The first-order valence-corrected chi connectivity index (χ1v) is 7.64. The lowest BCUT2D eigenvalue weighted by Crippen LogP contribution is -1.98. The third kappa shape index (κ3) is 3.36. The molecule has 6 heteroatoms. The van der Waals surface area contributed by atoms with E-state index in [1.54, 1.807) is 19.2 Å². The first-order chi connectivity index (χ1) is 9.96. The summed E-state index contributed by atoms with van der Waals surface area (Å²) in [5.74, 6) is 1.53. The molecule has 0 fully saturated rings. The van der Waals surface area contributed by atoms with Gasteiger partial charge in [0.05, 0.1) is 16.1 Å². The average molecular weight is 412 g/mol. The van der Waals surface area contributed by atoms with Gasteiger partial charge < -0.3 is 9.47 Å². The van der Waals surface area contributed by atoms with Crippen molar-refractivity contribution < 1.29 is 9.47 Å². The van der Waals surface area contributed by atoms with E-state index in [0.717, 1.165) is 15.7 Å². The van der Waals surface area contributed by atoms with Gasteiger partial charge >= 0.3 is 0 Å². The predicted molar refractivity (Wildman–Crippen MR) is 86.9 cm³/mol. The van der Waals surface area contributed by atoms with Gasteiger partial charge in [0.25, 0.3) is 0 Å². The maximum absolute atomic E-state index is 9.26. The van der Waals surface area contributed by atoms with E-state index in [4.69, 9.17) is 9.47 Å². The van der Waals surface area contributed by atoms with Gasteiger partial charge in [-0.3, -0.25) is 0 Å². The van der Waals surface area contributed by atoms with Crippen molar-refractivity contribution in [1.82, 2.24) is 4.98 Å². The minimum atomic E-state index is 0.299. The summed E-state index contributed by atoms with van der Waals surface area (Å²) in [7, 11) is 1.59. The summed E-state index contributed by atoms with van der Waals surface area (Å²) in [6, 6.07) is 7.53. The third-order valence-corrected chi connectivity index (χ3v) is 4.08. The fourth-order valence-corrected chi connectivity index (χ4v) is 2.75. The number of ether oxygens (including phenoxy) is 2. The average Bonchev–Trinajstić information content (AvgIpc) is 2.42. The number of aromatic nitrogens is 1. The summed E-state index contributed by atoms with van der Waals surface area (Å²) in [4.78, 5) is 4.30. The number of benzene rings is 1. The van der Waals surface area contributed by atoms with Gasteiger partial charge in [-0.1, -0.05) is 0 Å². The minimum Gasteiger partial charge on any atom is -0.496 e. The standard InChI is InChI=1S/C15H12Br2N2O2/c1-8-4-9(2)19-15(10(8)7-18)21-14-6-11(16)13(20-3)5-12(14)17/h4-6H,1-3H3. The number of methoxy groups -OCH3 is 1. The first kappa shape index (κ1) is 15.8. The number of pyridine rings is 1. The van der Waals surface area contributed by atoms with Crippen LogP contribution < -0.4 is 9.47 Å². The summed E-state index contributed by atoms with van der Waals surface area (Å²) in [6.45, 7) is 3.72. The lowest BCUT2D eigenvalue weighted by Gasteiger charge is -2.12. The molecule has 0 aliphatic rings. The van der Waals surface area contributed by atoms with Crippen molar-refractivity contribution in [2.24, 2.45) is 0 Å². The zero-order valence-electron chi connectivity index (χ0n) is 11.7. The van der Waals surface area contributed by atoms with Crippen molar-refractivity contribution in [3.05, 3.63) is 44.0 Å². The van der Waals surface area contributed by atoms with Crippen LogP contribution in [0.5, 0.6) is 17.4 Å². The van der Waals surface area contributed by atoms with Gasteiger partial charge in [-0.2, -0.15) is 5.26 Å². The van der Waals surface area contributed by atoms with Crippen LogP contribution in [0.4, 0.5) is 0 Å². The maximum Gasteiger partial charge on any atom is 0.237 e. The first-order valence-electron chi connectivity index (χ1n) is 6.05. The molecule has 0 atom stereocenters. The zero-order valence-corrected chi connectivity index (χ0v) is 14.9. The van der Waals surface area contributed by atoms with Gasteiger partial charge in [0, 0.05) is 5.69 Å². The van der Waals surface area contributed by atoms with Crippen LogP contribution in [-0.2, 0) is 0 Å². The Morgan fingerprint density at radius 1 is 1.10 bits per heavy atom. The second-order valence-electron chi connectivity index (χ2n) is 4.39. The molecule has 2 rings (SSSR count). The smallest absolute Gasteiger partial charge is 0.237 e. The van der Waals surface area contributed by atoms with Crippen LogP contribution in [0.3, 0.4) is 0 Å². The van der Waals surface area contributed by atoms with Crippen LogP contribution in [0.25, 0.3) is 0 Å². The molecule has 1 aromatic heterocycles. The molecule has 0 aliphatic heterocycles. The van der Waals surface area contributed by atoms with Gasteiger partial charge in [-0.05, 0) is 69.5 Å². The van der Waals surface area contributed by atoms with E-state index in [0.29, 0.717) is 27.4 Å². The summed E-state index contributed by atoms with van der Waals surface area (Å²) in [6.07, 6.45) is 0. The van der Waals surface area contributed by atoms with E-state index in [1.165, 1.54) is 0 Å². The number of hydrogen-bond donors (Lipinski definition) is 0. The van der Waals surface area contributed by atoms with Crippen LogP contribution in [0, 0.1) is 25.2 Å². The molecule has 0 bridgehead atoms. The molecule has 0 spiro atoms. The Balaban J connectivity index is 2.48. The zero-order chi connectivity index (χ0) is 15.6. The van der Waals surface area contributed by atoms with E-state index in [1.807, 2.05) is 19.9 Å². The van der Waals surface area contributed by atoms with Crippen molar-refractivity contribution in [1.29, 1.82) is 5.26 Å². The molecular weight excluding hydrogens is 400 g/mol. The van der Waals surface area contributed by atoms with Crippen LogP contribution in [0.1, 0.15) is 16.8 Å². The fraction of sp³-hybridized carbons (Fsp3) is 0.200. The monoisotopic (exact) mass is 410 g/mol. The van der Waals surface area contributed by atoms with E-state index in [9.17, 15) is 5.26 Å². The number of aryl methyl sites for hydroxylation is 2. The van der Waals surface area contributed by atoms with Gasteiger partial charge in [-0.25, -0.2) is 4.98 Å². The highest BCUT2D eigenvalue weighted by molar-refractivity contribution is 9.11. The number of halogens is 2. The molecular formula is C15H12Br2N2O2. The Kier molecular flexibility index (Phi) is 4.86.